The molecule has 0 amide bonds. The Morgan fingerprint density at radius 2 is 2.00 bits per heavy atom. The molecule has 1 aliphatic rings. The quantitative estimate of drug-likeness (QED) is 0.906. The van der Waals surface area contributed by atoms with Crippen LogP contribution in [0.3, 0.4) is 0 Å². The van der Waals surface area contributed by atoms with Gasteiger partial charge in [0.05, 0.1) is 22.6 Å². The van der Waals surface area contributed by atoms with Crippen LogP contribution in [0.2, 0.25) is 0 Å². The summed E-state index contributed by atoms with van der Waals surface area (Å²) in [6.45, 7) is 0. The monoisotopic (exact) mass is 294 g/mol. The summed E-state index contributed by atoms with van der Waals surface area (Å²) >= 11 is 0. The van der Waals surface area contributed by atoms with Crippen molar-refractivity contribution in [1.29, 1.82) is 0 Å². The number of sulfone groups is 1. The first kappa shape index (κ1) is 13.9. The molecule has 19 heavy (non-hydrogen) atoms. The van der Waals surface area contributed by atoms with E-state index < -0.39 is 56.1 Å². The molecule has 1 aliphatic heterocycles. The molecule has 1 heterocycles. The molecule has 0 fully saturated rings. The lowest BCUT2D eigenvalue weighted by Gasteiger charge is -2.15. The fourth-order valence-electron chi connectivity index (χ4n) is 2.29. The summed E-state index contributed by atoms with van der Waals surface area (Å²) in [7, 11) is -3.85. The van der Waals surface area contributed by atoms with E-state index in [-0.39, 0.29) is 0 Å². The number of alkyl halides is 3. The summed E-state index contributed by atoms with van der Waals surface area (Å²) < 4.78 is 62.1. The fourth-order valence-corrected chi connectivity index (χ4v) is 4.18. The van der Waals surface area contributed by atoms with Crippen molar-refractivity contribution in [2.24, 2.45) is 0 Å². The summed E-state index contributed by atoms with van der Waals surface area (Å²) in [6, 6.07) is 2.87. The third-order valence-corrected chi connectivity index (χ3v) is 4.82. The summed E-state index contributed by atoms with van der Waals surface area (Å²) in [6.07, 6.45) is -5.35. The Labute approximate surface area is 106 Å². The summed E-state index contributed by atoms with van der Waals surface area (Å²) in [5, 5.41) is 8.69. The minimum absolute atomic E-state index is 0.409. The molecule has 1 unspecified atom stereocenters. The van der Waals surface area contributed by atoms with Gasteiger partial charge in [-0.15, -0.1) is 0 Å². The summed E-state index contributed by atoms with van der Waals surface area (Å²) in [5.74, 6) is -3.08. The second-order valence-corrected chi connectivity index (χ2v) is 6.29. The topological polar surface area (TPSA) is 71.4 Å². The molecule has 8 heteroatoms. The highest BCUT2D eigenvalue weighted by Crippen LogP contribution is 2.44. The molecule has 4 nitrogen and oxygen atoms in total. The van der Waals surface area contributed by atoms with E-state index in [2.05, 4.69) is 0 Å². The maximum absolute atomic E-state index is 12.9. The van der Waals surface area contributed by atoms with Crippen LogP contribution in [0.4, 0.5) is 13.2 Å². The molecule has 1 aromatic carbocycles. The summed E-state index contributed by atoms with van der Waals surface area (Å²) in [5.41, 5.74) is -1.49. The second-order valence-electron chi connectivity index (χ2n) is 4.29. The molecular weight excluding hydrogens is 285 g/mol. The van der Waals surface area contributed by atoms with E-state index in [1.165, 1.54) is 0 Å². The Bertz CT molecular complexity index is 634. The number of aliphatic carboxylic acids is 1. The zero-order valence-corrected chi connectivity index (χ0v) is 10.3. The third-order valence-electron chi connectivity index (χ3n) is 2.96. The molecule has 1 aromatic rings. The predicted molar refractivity (Wildman–Crippen MR) is 58.5 cm³/mol. The Hall–Kier alpha value is -1.57. The highest BCUT2D eigenvalue weighted by Gasteiger charge is 2.43. The van der Waals surface area contributed by atoms with Crippen molar-refractivity contribution in [1.82, 2.24) is 0 Å². The highest BCUT2D eigenvalue weighted by molar-refractivity contribution is 7.91. The first-order valence-corrected chi connectivity index (χ1v) is 6.93. The van der Waals surface area contributed by atoms with Crippen molar-refractivity contribution < 1.29 is 31.5 Å². The Balaban J connectivity index is 2.67. The standard InChI is InChI=1S/C11H9F3O4S/c12-11(13,14)7-2-1-3-8-10(7)6(4-9(15)16)5-19(8,17)18/h1-3,6H,4-5H2,(H,15,16). The van der Waals surface area contributed by atoms with Gasteiger partial charge in [-0.2, -0.15) is 13.2 Å². The summed E-state index contributed by atoms with van der Waals surface area (Å²) in [4.78, 5) is 10.3. The first-order chi connectivity index (χ1) is 8.63. The Morgan fingerprint density at radius 3 is 2.53 bits per heavy atom. The van der Waals surface area contributed by atoms with E-state index in [4.69, 9.17) is 5.11 Å². The van der Waals surface area contributed by atoms with E-state index in [1.807, 2.05) is 0 Å². The van der Waals surface area contributed by atoms with Crippen LogP contribution in [0.5, 0.6) is 0 Å². The van der Waals surface area contributed by atoms with Crippen LogP contribution in [0.1, 0.15) is 23.5 Å². The number of rotatable bonds is 2. The Morgan fingerprint density at radius 1 is 1.37 bits per heavy atom. The van der Waals surface area contributed by atoms with E-state index in [9.17, 15) is 26.4 Å². The van der Waals surface area contributed by atoms with Crippen LogP contribution in [0, 0.1) is 0 Å². The van der Waals surface area contributed by atoms with Crippen LogP contribution in [0.15, 0.2) is 23.1 Å². The molecule has 0 spiro atoms. The number of halogens is 3. The van der Waals surface area contributed by atoms with Gasteiger partial charge < -0.3 is 5.11 Å². The van der Waals surface area contributed by atoms with Crippen molar-refractivity contribution in [3.05, 3.63) is 29.3 Å². The molecule has 0 saturated heterocycles. The SMILES string of the molecule is O=C(O)CC1CS(=O)(=O)c2cccc(C(F)(F)F)c21. The van der Waals surface area contributed by atoms with Gasteiger partial charge in [0.2, 0.25) is 0 Å². The minimum atomic E-state index is -4.71. The van der Waals surface area contributed by atoms with Gasteiger partial charge in [-0.1, -0.05) is 6.07 Å². The number of benzene rings is 1. The van der Waals surface area contributed by atoms with Crippen LogP contribution >= 0.6 is 0 Å². The van der Waals surface area contributed by atoms with Crippen molar-refractivity contribution >= 4 is 15.8 Å². The van der Waals surface area contributed by atoms with Gasteiger partial charge in [-0.25, -0.2) is 8.42 Å². The van der Waals surface area contributed by atoms with E-state index >= 15 is 0 Å². The van der Waals surface area contributed by atoms with Gasteiger partial charge in [-0.05, 0) is 17.7 Å². The molecule has 0 aromatic heterocycles. The average molecular weight is 294 g/mol. The minimum Gasteiger partial charge on any atom is -0.481 e. The van der Waals surface area contributed by atoms with Crippen molar-refractivity contribution in [2.75, 3.05) is 5.75 Å². The maximum Gasteiger partial charge on any atom is 0.416 e. The average Bonchev–Trinajstić information content (AvgIpc) is 2.48. The molecule has 0 aliphatic carbocycles. The fraction of sp³-hybridized carbons (Fsp3) is 0.364. The third kappa shape index (κ3) is 2.44. The van der Waals surface area contributed by atoms with Crippen LogP contribution in [-0.2, 0) is 20.8 Å². The van der Waals surface area contributed by atoms with E-state index in [0.29, 0.717) is 0 Å². The molecular formula is C11H9F3O4S. The zero-order chi connectivity index (χ0) is 14.4. The molecule has 1 atom stereocenters. The van der Waals surface area contributed by atoms with Gasteiger partial charge in [0.25, 0.3) is 0 Å². The van der Waals surface area contributed by atoms with Crippen molar-refractivity contribution in [3.8, 4) is 0 Å². The van der Waals surface area contributed by atoms with Crippen molar-refractivity contribution in [3.63, 3.8) is 0 Å². The molecule has 2 rings (SSSR count). The van der Waals surface area contributed by atoms with Crippen LogP contribution < -0.4 is 0 Å². The predicted octanol–water partition coefficient (Wildman–Crippen LogP) is 2.05. The number of hydrogen-bond acceptors (Lipinski definition) is 3. The van der Waals surface area contributed by atoms with Crippen LogP contribution in [-0.4, -0.2) is 25.2 Å². The molecule has 0 saturated carbocycles. The van der Waals surface area contributed by atoms with Crippen LogP contribution in [0.25, 0.3) is 0 Å². The lowest BCUT2D eigenvalue weighted by atomic mass is 9.93. The lowest BCUT2D eigenvalue weighted by molar-refractivity contribution is -0.140. The first-order valence-electron chi connectivity index (χ1n) is 5.27. The number of carbonyl (C=O) groups is 1. The zero-order valence-electron chi connectivity index (χ0n) is 9.44. The van der Waals surface area contributed by atoms with Gasteiger partial charge >= 0.3 is 12.1 Å². The van der Waals surface area contributed by atoms with E-state index in [1.54, 1.807) is 0 Å². The number of carboxylic acid groups (broad SMARTS) is 1. The molecule has 1 N–H and O–H groups in total. The van der Waals surface area contributed by atoms with Gasteiger partial charge in [0.1, 0.15) is 0 Å². The van der Waals surface area contributed by atoms with E-state index in [0.717, 1.165) is 18.2 Å². The Kier molecular flexibility index (Phi) is 3.08. The smallest absolute Gasteiger partial charge is 0.416 e. The largest absolute Gasteiger partial charge is 0.481 e. The molecule has 0 bridgehead atoms. The lowest BCUT2D eigenvalue weighted by Crippen LogP contribution is -2.13. The number of fused-ring (bicyclic) bond motifs is 1. The highest BCUT2D eigenvalue weighted by atomic mass is 32.2. The van der Waals surface area contributed by atoms with Crippen molar-refractivity contribution in [2.45, 2.75) is 23.4 Å². The molecule has 104 valence electrons. The number of hydrogen-bond donors (Lipinski definition) is 1. The maximum atomic E-state index is 12.9. The van der Waals surface area contributed by atoms with Gasteiger partial charge in [0, 0.05) is 5.92 Å². The normalized spacial score (nSPS) is 21.1. The number of carboxylic acids is 1. The second kappa shape index (κ2) is 4.22. The molecule has 0 radical (unpaired) electrons. The van der Waals surface area contributed by atoms with Gasteiger partial charge in [-0.3, -0.25) is 4.79 Å². The van der Waals surface area contributed by atoms with Gasteiger partial charge in [0.15, 0.2) is 9.84 Å².